The Hall–Kier alpha value is -2.67. The van der Waals surface area contributed by atoms with Crippen LogP contribution in [0.15, 0.2) is 24.3 Å². The van der Waals surface area contributed by atoms with Gasteiger partial charge >= 0.3 is 0 Å². The molecule has 0 unspecified atom stereocenters. The van der Waals surface area contributed by atoms with Gasteiger partial charge in [-0.05, 0) is 48.1 Å². The molecule has 0 spiro atoms. The number of amides is 1. The highest BCUT2D eigenvalue weighted by Crippen LogP contribution is 2.38. The van der Waals surface area contributed by atoms with Crippen LogP contribution in [0.25, 0.3) is 0 Å². The van der Waals surface area contributed by atoms with Crippen LogP contribution >= 0.6 is 0 Å². The van der Waals surface area contributed by atoms with Gasteiger partial charge in [-0.25, -0.2) is 8.78 Å². The summed E-state index contributed by atoms with van der Waals surface area (Å²) < 4.78 is 33.4. The molecule has 0 aliphatic rings. The monoisotopic (exact) mass is 449 g/mol. The van der Waals surface area contributed by atoms with Crippen LogP contribution < -0.4 is 15.1 Å². The molecule has 176 valence electrons. The highest BCUT2D eigenvalue weighted by molar-refractivity contribution is 5.72. The van der Waals surface area contributed by atoms with Crippen molar-refractivity contribution in [3.05, 3.63) is 58.2 Å². The molecule has 2 rings (SSSR count). The summed E-state index contributed by atoms with van der Waals surface area (Å²) in [5.74, 6) is -0.856. The molecule has 7 heteroatoms. The third kappa shape index (κ3) is 7.19. The molecule has 0 fully saturated rings. The first-order chi connectivity index (χ1) is 15.4. The minimum atomic E-state index is -0.640. The number of aliphatic hydroxyl groups is 1. The highest BCUT2D eigenvalue weighted by atomic mass is 19.1. The molecule has 32 heavy (non-hydrogen) atoms. The number of halogens is 2. The molecule has 2 aromatic rings. The molecule has 0 radical (unpaired) electrons. The van der Waals surface area contributed by atoms with E-state index in [-0.39, 0.29) is 18.9 Å². The van der Waals surface area contributed by atoms with E-state index >= 15 is 0 Å². The van der Waals surface area contributed by atoms with E-state index in [9.17, 15) is 18.7 Å². The first-order valence-electron chi connectivity index (χ1n) is 11.1. The van der Waals surface area contributed by atoms with Gasteiger partial charge in [0.1, 0.15) is 11.6 Å². The fraction of sp³-hybridized carbons (Fsp3) is 0.480. The Kier molecular flexibility index (Phi) is 10.4. The number of unbranched alkanes of at least 4 members (excludes halogenated alkanes) is 4. The Morgan fingerprint density at radius 1 is 1.03 bits per heavy atom. The first kappa shape index (κ1) is 25.6. The number of ether oxygens (including phenoxy) is 1. The highest BCUT2D eigenvalue weighted by Gasteiger charge is 2.21. The number of nitrogens with one attached hydrogen (secondary N) is 1. The summed E-state index contributed by atoms with van der Waals surface area (Å²) in [5.41, 5.74) is 5.11. The van der Waals surface area contributed by atoms with Gasteiger partial charge < -0.3 is 14.7 Å². The van der Waals surface area contributed by atoms with E-state index in [4.69, 9.17) is 9.57 Å². The lowest BCUT2D eigenvalue weighted by Crippen LogP contribution is -2.24. The summed E-state index contributed by atoms with van der Waals surface area (Å²) in [6.45, 7) is 3.40. The van der Waals surface area contributed by atoms with E-state index < -0.39 is 11.6 Å². The Balaban J connectivity index is 2.50. The standard InChI is InChI=1S/C25H33F2NO4/c1-4-5-6-7-8-9-22-21(12-13-29)19(14-18-10-11-20(26)16-23(18)27)15-24(25(22)31-3)32-28-17(2)30/h10-11,15-16,29H,4-9,12-14H2,1-3H3,(H,28,30). The maximum atomic E-state index is 14.4. The Labute approximate surface area is 188 Å². The van der Waals surface area contributed by atoms with Crippen LogP contribution in [0.2, 0.25) is 0 Å². The molecule has 0 aliphatic carbocycles. The van der Waals surface area contributed by atoms with Crippen LogP contribution in [-0.2, 0) is 24.1 Å². The van der Waals surface area contributed by atoms with Crippen molar-refractivity contribution in [2.24, 2.45) is 0 Å². The average molecular weight is 450 g/mol. The van der Waals surface area contributed by atoms with Gasteiger partial charge in [0, 0.05) is 31.6 Å². The quantitative estimate of drug-likeness (QED) is 0.332. The molecular formula is C25H33F2NO4. The van der Waals surface area contributed by atoms with Crippen molar-refractivity contribution in [3.63, 3.8) is 0 Å². The van der Waals surface area contributed by atoms with Crippen LogP contribution in [0.4, 0.5) is 8.78 Å². The van der Waals surface area contributed by atoms with Crippen LogP contribution in [0.5, 0.6) is 11.5 Å². The number of rotatable bonds is 13. The second kappa shape index (κ2) is 13.0. The molecule has 0 aromatic heterocycles. The van der Waals surface area contributed by atoms with Crippen molar-refractivity contribution in [2.45, 2.75) is 65.2 Å². The van der Waals surface area contributed by atoms with Crippen molar-refractivity contribution in [1.82, 2.24) is 5.48 Å². The summed E-state index contributed by atoms with van der Waals surface area (Å²) in [6.07, 6.45) is 6.65. The summed E-state index contributed by atoms with van der Waals surface area (Å²) in [7, 11) is 1.53. The van der Waals surface area contributed by atoms with Gasteiger partial charge in [-0.2, -0.15) is 5.48 Å². The van der Waals surface area contributed by atoms with Crippen molar-refractivity contribution in [3.8, 4) is 11.5 Å². The van der Waals surface area contributed by atoms with Crippen LogP contribution in [0, 0.1) is 11.6 Å². The number of carbonyl (C=O) groups is 1. The minimum Gasteiger partial charge on any atom is -0.492 e. The maximum absolute atomic E-state index is 14.4. The predicted molar refractivity (Wildman–Crippen MR) is 120 cm³/mol. The van der Waals surface area contributed by atoms with Crippen LogP contribution in [0.1, 0.15) is 68.2 Å². The summed E-state index contributed by atoms with van der Waals surface area (Å²) in [6, 6.07) is 5.17. The van der Waals surface area contributed by atoms with Crippen molar-refractivity contribution in [1.29, 1.82) is 0 Å². The first-order valence-corrected chi connectivity index (χ1v) is 11.1. The number of hydroxylamine groups is 1. The minimum absolute atomic E-state index is 0.0865. The van der Waals surface area contributed by atoms with Gasteiger partial charge in [0.05, 0.1) is 7.11 Å². The van der Waals surface area contributed by atoms with E-state index in [0.29, 0.717) is 29.9 Å². The van der Waals surface area contributed by atoms with Gasteiger partial charge in [0.2, 0.25) is 5.91 Å². The van der Waals surface area contributed by atoms with Crippen molar-refractivity contribution in [2.75, 3.05) is 13.7 Å². The number of aliphatic hydroxyl groups excluding tert-OH is 1. The van der Waals surface area contributed by atoms with Gasteiger partial charge in [-0.1, -0.05) is 38.7 Å². The molecular weight excluding hydrogens is 416 g/mol. The molecule has 2 N–H and O–H groups in total. The Morgan fingerprint density at radius 2 is 1.78 bits per heavy atom. The number of hydrogen-bond donors (Lipinski definition) is 2. The third-order valence-corrected chi connectivity index (χ3v) is 5.35. The molecule has 0 aliphatic heterocycles. The maximum Gasteiger partial charge on any atom is 0.249 e. The zero-order valence-electron chi connectivity index (χ0n) is 19.1. The largest absolute Gasteiger partial charge is 0.492 e. The molecule has 0 saturated heterocycles. The van der Waals surface area contributed by atoms with Crippen molar-refractivity contribution >= 4 is 5.91 Å². The van der Waals surface area contributed by atoms with Gasteiger partial charge in [0.15, 0.2) is 11.5 Å². The second-order valence-corrected chi connectivity index (χ2v) is 7.83. The topological polar surface area (TPSA) is 67.8 Å². The molecule has 0 saturated carbocycles. The lowest BCUT2D eigenvalue weighted by Gasteiger charge is -2.21. The molecule has 2 aromatic carbocycles. The van der Waals surface area contributed by atoms with Crippen LogP contribution in [0.3, 0.4) is 0 Å². The van der Waals surface area contributed by atoms with E-state index in [1.54, 1.807) is 6.07 Å². The number of methoxy groups -OCH3 is 1. The van der Waals surface area contributed by atoms with Gasteiger partial charge in [0.25, 0.3) is 0 Å². The molecule has 0 bridgehead atoms. The van der Waals surface area contributed by atoms with E-state index in [1.165, 1.54) is 32.6 Å². The zero-order valence-corrected chi connectivity index (χ0v) is 19.1. The fourth-order valence-corrected chi connectivity index (χ4v) is 3.84. The number of carbonyl (C=O) groups excluding carboxylic acids is 1. The third-order valence-electron chi connectivity index (χ3n) is 5.35. The molecule has 5 nitrogen and oxygen atoms in total. The summed E-state index contributed by atoms with van der Waals surface area (Å²) in [4.78, 5) is 16.9. The Morgan fingerprint density at radius 3 is 2.41 bits per heavy atom. The van der Waals surface area contributed by atoms with Gasteiger partial charge in [-0.3, -0.25) is 4.79 Å². The molecule has 0 heterocycles. The zero-order chi connectivity index (χ0) is 23.5. The number of benzene rings is 2. The van der Waals surface area contributed by atoms with Crippen molar-refractivity contribution < 1.29 is 28.3 Å². The average Bonchev–Trinajstić information content (AvgIpc) is 2.75. The molecule has 0 atom stereocenters. The molecule has 1 amide bonds. The van der Waals surface area contributed by atoms with Gasteiger partial charge in [-0.15, -0.1) is 0 Å². The number of hydrogen-bond acceptors (Lipinski definition) is 4. The normalized spacial score (nSPS) is 10.8. The Bertz CT molecular complexity index is 902. The smallest absolute Gasteiger partial charge is 0.249 e. The van der Waals surface area contributed by atoms with E-state index in [1.807, 2.05) is 0 Å². The SMILES string of the molecule is CCCCCCCc1c(CCO)c(Cc2ccc(F)cc2F)cc(ONC(C)=O)c1OC. The van der Waals surface area contributed by atoms with E-state index in [2.05, 4.69) is 12.4 Å². The second-order valence-electron chi connectivity index (χ2n) is 7.83. The summed E-state index contributed by atoms with van der Waals surface area (Å²) in [5, 5.41) is 9.72. The lowest BCUT2D eigenvalue weighted by atomic mass is 9.90. The lowest BCUT2D eigenvalue weighted by molar-refractivity contribution is -0.125. The van der Waals surface area contributed by atoms with Crippen LogP contribution in [-0.4, -0.2) is 24.7 Å². The summed E-state index contributed by atoms with van der Waals surface area (Å²) >= 11 is 0. The van der Waals surface area contributed by atoms with E-state index in [0.717, 1.165) is 48.4 Å². The predicted octanol–water partition coefficient (Wildman–Crippen LogP) is 5.04. The fourth-order valence-electron chi connectivity index (χ4n) is 3.84.